The highest BCUT2D eigenvalue weighted by Crippen LogP contribution is 2.32. The molecule has 0 unspecified atom stereocenters. The predicted octanol–water partition coefficient (Wildman–Crippen LogP) is 6.56. The maximum absolute atomic E-state index is 13.6. The third kappa shape index (κ3) is 9.27. The molecule has 5 aromatic rings. The highest BCUT2D eigenvalue weighted by Gasteiger charge is 2.23. The molecular formula is C43H53N7O4S. The Labute approximate surface area is 324 Å². The van der Waals surface area contributed by atoms with Gasteiger partial charge < -0.3 is 20.3 Å². The summed E-state index contributed by atoms with van der Waals surface area (Å²) in [5.41, 5.74) is 8.14. The molecular weight excluding hydrogens is 711 g/mol. The van der Waals surface area contributed by atoms with Crippen molar-refractivity contribution in [3.05, 3.63) is 107 Å². The van der Waals surface area contributed by atoms with E-state index in [0.29, 0.717) is 32.1 Å². The highest BCUT2D eigenvalue weighted by molar-refractivity contribution is 7.89. The van der Waals surface area contributed by atoms with Crippen molar-refractivity contribution in [2.45, 2.75) is 82.9 Å². The van der Waals surface area contributed by atoms with Crippen molar-refractivity contribution >= 4 is 32.7 Å². The van der Waals surface area contributed by atoms with E-state index in [-0.39, 0.29) is 35.5 Å². The molecule has 2 aliphatic rings. The Bertz CT molecular complexity index is 2220. The second kappa shape index (κ2) is 17.5. The van der Waals surface area contributed by atoms with Crippen LogP contribution in [0, 0.1) is 5.92 Å². The van der Waals surface area contributed by atoms with Gasteiger partial charge in [-0.05, 0) is 118 Å². The van der Waals surface area contributed by atoms with Crippen molar-refractivity contribution in [2.75, 3.05) is 38.7 Å². The lowest BCUT2D eigenvalue weighted by atomic mass is 9.89. The number of nitrogens with zero attached hydrogens (tertiary/aromatic N) is 4. The molecule has 0 spiro atoms. The van der Waals surface area contributed by atoms with Crippen LogP contribution in [0.25, 0.3) is 22.2 Å². The zero-order chi connectivity index (χ0) is 38.4. The number of nitrogens with one attached hydrogen (secondary N) is 3. The summed E-state index contributed by atoms with van der Waals surface area (Å²) in [6.45, 7) is 8.82. The average molecular weight is 764 g/mol. The van der Waals surface area contributed by atoms with Gasteiger partial charge in [-0.3, -0.25) is 4.79 Å². The number of carbonyl (C=O) groups is 1. The van der Waals surface area contributed by atoms with Crippen LogP contribution in [0.5, 0.6) is 0 Å². The number of likely N-dealkylation sites (tertiary alicyclic amines) is 1. The maximum Gasteiger partial charge on any atom is 0.251 e. The number of hydrogen-bond donors (Lipinski definition) is 3. The summed E-state index contributed by atoms with van der Waals surface area (Å²) in [4.78, 5) is 21.0. The first-order valence-electron chi connectivity index (χ1n) is 19.7. The molecule has 4 heterocycles. The number of ether oxygens (including phenoxy) is 1. The van der Waals surface area contributed by atoms with Crippen LogP contribution in [-0.2, 0) is 47.2 Å². The van der Waals surface area contributed by atoms with E-state index in [2.05, 4.69) is 69.7 Å². The molecule has 3 aromatic carbocycles. The summed E-state index contributed by atoms with van der Waals surface area (Å²) < 4.78 is 37.3. The fourth-order valence-electron chi connectivity index (χ4n) is 7.78. The summed E-state index contributed by atoms with van der Waals surface area (Å²) in [6, 6.07) is 23.1. The minimum Gasteiger partial charge on any atom is -0.381 e. The van der Waals surface area contributed by atoms with E-state index in [0.717, 1.165) is 77.0 Å². The molecule has 0 atom stereocenters. The first kappa shape index (κ1) is 38.6. The van der Waals surface area contributed by atoms with Gasteiger partial charge in [0.2, 0.25) is 10.0 Å². The molecule has 12 heteroatoms. The number of piperidine rings is 1. The minimum absolute atomic E-state index is 0.0316. The number of anilines is 1. The monoisotopic (exact) mass is 763 g/mol. The molecule has 2 aromatic heterocycles. The van der Waals surface area contributed by atoms with Gasteiger partial charge in [-0.25, -0.2) is 22.8 Å². The van der Waals surface area contributed by atoms with E-state index in [1.54, 1.807) is 12.1 Å². The van der Waals surface area contributed by atoms with Crippen molar-refractivity contribution in [3.8, 4) is 11.1 Å². The van der Waals surface area contributed by atoms with Gasteiger partial charge in [0.15, 0.2) is 5.65 Å². The van der Waals surface area contributed by atoms with Crippen LogP contribution in [0.1, 0.15) is 72.3 Å². The fourth-order valence-corrected chi connectivity index (χ4v) is 8.84. The average Bonchev–Trinajstić information content (AvgIpc) is 3.64. The molecule has 7 rings (SSSR count). The van der Waals surface area contributed by atoms with Crippen molar-refractivity contribution in [3.63, 3.8) is 0 Å². The number of sulfonamides is 1. The molecule has 3 N–H and O–H groups in total. The lowest BCUT2D eigenvalue weighted by Gasteiger charge is -2.29. The van der Waals surface area contributed by atoms with Crippen LogP contribution in [0.4, 0.5) is 5.69 Å². The van der Waals surface area contributed by atoms with Crippen LogP contribution < -0.4 is 15.4 Å². The summed E-state index contributed by atoms with van der Waals surface area (Å²) in [6.07, 6.45) is 7.79. The number of fused-ring (bicyclic) bond motifs is 1. The molecule has 0 bridgehead atoms. The summed E-state index contributed by atoms with van der Waals surface area (Å²) in [5.74, 6) is 0.332. The molecule has 1 amide bonds. The first-order valence-corrected chi connectivity index (χ1v) is 21.1. The van der Waals surface area contributed by atoms with Gasteiger partial charge in [0, 0.05) is 55.7 Å². The number of rotatable bonds is 14. The Balaban J connectivity index is 1.03. The third-order valence-corrected chi connectivity index (χ3v) is 12.4. The largest absolute Gasteiger partial charge is 0.381 e. The highest BCUT2D eigenvalue weighted by atomic mass is 32.2. The van der Waals surface area contributed by atoms with E-state index in [1.807, 2.05) is 36.0 Å². The van der Waals surface area contributed by atoms with E-state index < -0.39 is 10.0 Å². The molecule has 290 valence electrons. The van der Waals surface area contributed by atoms with E-state index in [9.17, 15) is 13.2 Å². The zero-order valence-electron chi connectivity index (χ0n) is 32.2. The van der Waals surface area contributed by atoms with Gasteiger partial charge >= 0.3 is 0 Å². The number of aryl methyl sites for hydroxylation is 2. The third-order valence-electron chi connectivity index (χ3n) is 11.0. The van der Waals surface area contributed by atoms with Crippen molar-refractivity contribution in [1.29, 1.82) is 0 Å². The second-order valence-electron chi connectivity index (χ2n) is 14.9. The van der Waals surface area contributed by atoms with E-state index in [1.165, 1.54) is 30.5 Å². The van der Waals surface area contributed by atoms with Crippen molar-refractivity contribution in [2.24, 2.45) is 5.92 Å². The smallest absolute Gasteiger partial charge is 0.251 e. The van der Waals surface area contributed by atoms with Crippen LogP contribution in [0.3, 0.4) is 0 Å². The first-order chi connectivity index (χ1) is 26.7. The summed E-state index contributed by atoms with van der Waals surface area (Å²) >= 11 is 0. The Kier molecular flexibility index (Phi) is 12.3. The van der Waals surface area contributed by atoms with Gasteiger partial charge in [-0.2, -0.15) is 5.10 Å². The lowest BCUT2D eigenvalue weighted by molar-refractivity contribution is 0.0904. The Morgan fingerprint density at radius 1 is 0.891 bits per heavy atom. The number of carbonyl (C=O) groups excluding carboxylic acids is 1. The molecule has 55 heavy (non-hydrogen) atoms. The standard InChI is InChI=1S/C43H53N7O4S/c1-4-40-38(41(47-36-17-21-54-22-18-36)39-29-45-50(5-2)42(39)48-40)28-44-43(51)35-13-8-14-37(26-35)55(52,53)46-27-32-10-7-12-34(25-32)33-11-6-9-31(24-33)23-30-15-19-49(3)20-16-30/h6-14,24-26,29-30,36,46H,4-5,15-23,27-28H2,1-3H3,(H,44,51)(H,47,48). The molecule has 0 saturated carbocycles. The topological polar surface area (TPSA) is 130 Å². The fraction of sp³-hybridized carbons (Fsp3) is 0.419. The van der Waals surface area contributed by atoms with E-state index in [4.69, 9.17) is 9.72 Å². The number of pyridine rings is 1. The van der Waals surface area contributed by atoms with Crippen molar-refractivity contribution in [1.82, 2.24) is 29.7 Å². The van der Waals surface area contributed by atoms with Crippen LogP contribution >= 0.6 is 0 Å². The van der Waals surface area contributed by atoms with E-state index >= 15 is 0 Å². The molecule has 2 fully saturated rings. The molecule has 0 aliphatic carbocycles. The van der Waals surface area contributed by atoms with Crippen LogP contribution in [-0.4, -0.2) is 73.4 Å². The van der Waals surface area contributed by atoms with Gasteiger partial charge in [0.05, 0.1) is 22.2 Å². The van der Waals surface area contributed by atoms with Crippen LogP contribution in [0.15, 0.2) is 83.9 Å². The maximum atomic E-state index is 13.6. The minimum atomic E-state index is -3.92. The number of hydrogen-bond acceptors (Lipinski definition) is 8. The van der Waals surface area contributed by atoms with Crippen LogP contribution in [0.2, 0.25) is 0 Å². The molecule has 2 saturated heterocycles. The van der Waals surface area contributed by atoms with Crippen molar-refractivity contribution < 1.29 is 17.9 Å². The molecule has 0 radical (unpaired) electrons. The van der Waals surface area contributed by atoms with Gasteiger partial charge in [0.25, 0.3) is 5.91 Å². The Morgan fingerprint density at radius 2 is 1.60 bits per heavy atom. The summed E-state index contributed by atoms with van der Waals surface area (Å²) in [7, 11) is -1.73. The lowest BCUT2D eigenvalue weighted by Crippen LogP contribution is -2.30. The Morgan fingerprint density at radius 3 is 2.33 bits per heavy atom. The number of aromatic nitrogens is 3. The SMILES string of the molecule is CCc1nc2c(cnn2CC)c(NC2CCOCC2)c1CNC(=O)c1cccc(S(=O)(=O)NCc2cccc(-c3cccc(CC4CCN(C)CC4)c3)c2)c1. The zero-order valence-corrected chi connectivity index (χ0v) is 33.0. The quantitative estimate of drug-likeness (QED) is 0.116. The normalized spacial score (nSPS) is 16.1. The van der Waals surface area contributed by atoms with Gasteiger partial charge in [-0.1, -0.05) is 55.5 Å². The van der Waals surface area contributed by atoms with Gasteiger partial charge in [-0.15, -0.1) is 0 Å². The second-order valence-corrected chi connectivity index (χ2v) is 16.6. The summed E-state index contributed by atoms with van der Waals surface area (Å²) in [5, 5.41) is 12.3. The number of benzene rings is 3. The Hall–Kier alpha value is -4.62. The number of amides is 1. The van der Waals surface area contributed by atoms with Gasteiger partial charge in [0.1, 0.15) is 0 Å². The molecule has 2 aliphatic heterocycles. The predicted molar refractivity (Wildman–Crippen MR) is 217 cm³/mol. The molecule has 11 nitrogen and oxygen atoms in total.